The number of aliphatic carboxylic acids is 5. The lowest BCUT2D eigenvalue weighted by Crippen LogP contribution is -2.43. The Morgan fingerprint density at radius 1 is 0.533 bits per heavy atom. The summed E-state index contributed by atoms with van der Waals surface area (Å²) in [6.45, 7) is 15.0. The molecule has 0 heterocycles. The lowest BCUT2D eigenvalue weighted by atomic mass is 9.91. The molecule has 60 heavy (non-hydrogen) atoms. The molecule has 0 rings (SSSR count). The highest BCUT2D eigenvalue weighted by Crippen LogP contribution is 2.19. The SMILES string of the molecule is C=CC(=O)O.C=CC(=O)O.C=CC(=O)O.C=CC(=O)O.C=CC(=O)O.CCOC(N)=O.O=C=NCCCCCCN=C=O.OCC(CO)(CO)COCC(CO)(CO)CO. The number of ether oxygens (including phenoxy) is 2. The highest BCUT2D eigenvalue weighted by Gasteiger charge is 2.32. The van der Waals surface area contributed by atoms with E-state index in [1.54, 1.807) is 6.92 Å². The van der Waals surface area contributed by atoms with E-state index in [2.05, 4.69) is 53.4 Å². The molecule has 0 aromatic heterocycles. The molecule has 0 bridgehead atoms. The molecule has 0 radical (unpaired) electrons. The average molecular weight is 872 g/mol. The van der Waals surface area contributed by atoms with Crippen LogP contribution in [0.25, 0.3) is 0 Å². The van der Waals surface area contributed by atoms with Crippen molar-refractivity contribution in [2.45, 2.75) is 32.6 Å². The summed E-state index contributed by atoms with van der Waals surface area (Å²) in [7, 11) is 0. The summed E-state index contributed by atoms with van der Waals surface area (Å²) < 4.78 is 9.33. The first-order chi connectivity index (χ1) is 28.1. The predicted molar refractivity (Wildman–Crippen MR) is 213 cm³/mol. The van der Waals surface area contributed by atoms with E-state index >= 15 is 0 Å². The minimum absolute atomic E-state index is 0.141. The number of carbonyl (C=O) groups is 6. The fourth-order valence-corrected chi connectivity index (χ4v) is 2.03. The Morgan fingerprint density at radius 3 is 0.867 bits per heavy atom. The molecule has 0 aromatic carbocycles. The molecule has 0 aromatic rings. The van der Waals surface area contributed by atoms with E-state index in [9.17, 15) is 38.4 Å². The Morgan fingerprint density at radius 2 is 0.750 bits per heavy atom. The summed E-state index contributed by atoms with van der Waals surface area (Å²) in [6, 6.07) is 0. The second-order valence-electron chi connectivity index (χ2n) is 10.3. The normalized spacial score (nSPS) is 8.78. The molecule has 24 nitrogen and oxygen atoms in total. The minimum Gasteiger partial charge on any atom is -0.478 e. The molecular formula is C36H61N3O21. The maximum Gasteiger partial charge on any atom is 0.404 e. The fraction of sp³-hybridized carbons (Fsp3) is 0.500. The third kappa shape index (κ3) is 76.5. The van der Waals surface area contributed by atoms with Gasteiger partial charge in [0.25, 0.3) is 0 Å². The molecule has 0 fully saturated rings. The van der Waals surface area contributed by atoms with Crippen molar-refractivity contribution in [3.05, 3.63) is 63.3 Å². The monoisotopic (exact) mass is 871 g/mol. The molecule has 0 aliphatic heterocycles. The first-order valence-electron chi connectivity index (χ1n) is 16.6. The van der Waals surface area contributed by atoms with Gasteiger partial charge in [0.2, 0.25) is 12.2 Å². The standard InChI is InChI=1S/C10H22O7.C8H12N2O2.C3H7NO2.5C3H4O2/c11-1-9(2-12,3-13)7-17-8-10(4-14,5-15)6-16;11-7-9-5-3-1-2-4-6-10-8-12;1-2-6-3(4)5;5*1-2-3(4)5/h11-16H,1-8H2;1-6H2;2H2,1H3,(H2,4,5);5*2H,1H2,(H,4,5). The van der Waals surface area contributed by atoms with Gasteiger partial charge in [-0.1, -0.05) is 45.7 Å². The zero-order chi connectivity index (χ0) is 48.8. The highest BCUT2D eigenvalue weighted by atomic mass is 16.5. The number of nitrogens with zero attached hydrogens (tertiary/aromatic N) is 2. The van der Waals surface area contributed by atoms with Crippen LogP contribution in [0.1, 0.15) is 32.6 Å². The minimum atomic E-state index is -1.16. The number of unbranched alkanes of at least 4 members (excludes halogenated alkanes) is 3. The van der Waals surface area contributed by atoms with Crippen molar-refractivity contribution in [2.75, 3.05) is 72.6 Å². The van der Waals surface area contributed by atoms with E-state index in [0.717, 1.165) is 56.1 Å². The second kappa shape index (κ2) is 57.1. The molecule has 24 heteroatoms. The van der Waals surface area contributed by atoms with Gasteiger partial charge in [-0.3, -0.25) is 0 Å². The summed E-state index contributed by atoms with van der Waals surface area (Å²) in [4.78, 5) is 81.9. The topological polar surface area (TPSA) is 428 Å². The van der Waals surface area contributed by atoms with Gasteiger partial charge in [-0.2, -0.15) is 0 Å². The van der Waals surface area contributed by atoms with E-state index in [1.165, 1.54) is 12.2 Å². The lowest BCUT2D eigenvalue weighted by Gasteiger charge is -2.31. The summed E-state index contributed by atoms with van der Waals surface area (Å²) in [5.74, 6) is -4.91. The predicted octanol–water partition coefficient (Wildman–Crippen LogP) is -0.465. The zero-order valence-corrected chi connectivity index (χ0v) is 33.5. The lowest BCUT2D eigenvalue weighted by molar-refractivity contribution is -0.132. The summed E-state index contributed by atoms with van der Waals surface area (Å²) in [5.41, 5.74) is 2.22. The van der Waals surface area contributed by atoms with Crippen LogP contribution >= 0.6 is 0 Å². The summed E-state index contributed by atoms with van der Waals surface area (Å²) in [5, 5.41) is 92.2. The quantitative estimate of drug-likeness (QED) is 0.0267. The molecule has 0 saturated carbocycles. The third-order valence-corrected chi connectivity index (χ3v) is 5.41. The number of isocyanates is 2. The summed E-state index contributed by atoms with van der Waals surface area (Å²) >= 11 is 0. The van der Waals surface area contributed by atoms with Crippen LogP contribution in [0.5, 0.6) is 0 Å². The van der Waals surface area contributed by atoms with Crippen molar-refractivity contribution in [3.8, 4) is 0 Å². The van der Waals surface area contributed by atoms with E-state index in [4.69, 9.17) is 60.9 Å². The van der Waals surface area contributed by atoms with Crippen LogP contribution in [-0.2, 0) is 43.0 Å². The first kappa shape index (κ1) is 71.5. The van der Waals surface area contributed by atoms with Crippen molar-refractivity contribution >= 4 is 48.1 Å². The smallest absolute Gasteiger partial charge is 0.404 e. The number of hydrogen-bond acceptors (Lipinski definition) is 18. The molecule has 0 aliphatic carbocycles. The molecular weight excluding hydrogens is 810 g/mol. The fourth-order valence-electron chi connectivity index (χ4n) is 2.03. The highest BCUT2D eigenvalue weighted by molar-refractivity contribution is 5.80. The number of rotatable bonds is 23. The zero-order valence-electron chi connectivity index (χ0n) is 33.5. The van der Waals surface area contributed by atoms with Gasteiger partial charge in [0.05, 0.1) is 83.4 Å². The number of aliphatic imine (C=N–C) groups is 2. The van der Waals surface area contributed by atoms with E-state index < -0.39 is 86.4 Å². The van der Waals surface area contributed by atoms with Gasteiger partial charge in [-0.25, -0.2) is 48.3 Å². The number of primary amides is 1. The molecule has 13 N–H and O–H groups in total. The number of carbonyl (C=O) groups excluding carboxylic acids is 3. The maximum atomic E-state index is 9.63. The van der Waals surface area contributed by atoms with Crippen molar-refractivity contribution in [1.82, 2.24) is 0 Å². The Labute approximate surface area is 346 Å². The van der Waals surface area contributed by atoms with Crippen molar-refractivity contribution in [2.24, 2.45) is 26.5 Å². The van der Waals surface area contributed by atoms with Gasteiger partial charge in [-0.15, -0.1) is 0 Å². The van der Waals surface area contributed by atoms with Gasteiger partial charge >= 0.3 is 35.9 Å². The van der Waals surface area contributed by atoms with Crippen LogP contribution < -0.4 is 5.73 Å². The van der Waals surface area contributed by atoms with Gasteiger partial charge in [-0.05, 0) is 19.8 Å². The number of carboxylic acid groups (broad SMARTS) is 5. The molecule has 0 atom stereocenters. The van der Waals surface area contributed by atoms with Crippen LogP contribution in [-0.4, -0.2) is 177 Å². The van der Waals surface area contributed by atoms with Crippen LogP contribution in [0.3, 0.4) is 0 Å². The number of hydrogen-bond donors (Lipinski definition) is 12. The molecule has 0 unspecified atom stereocenters. The van der Waals surface area contributed by atoms with Gasteiger partial charge in [0.1, 0.15) is 0 Å². The third-order valence-electron chi connectivity index (χ3n) is 5.41. The van der Waals surface area contributed by atoms with Crippen LogP contribution in [0, 0.1) is 10.8 Å². The summed E-state index contributed by atoms with van der Waals surface area (Å²) in [6.07, 6.45) is 10.3. The van der Waals surface area contributed by atoms with Crippen LogP contribution in [0.2, 0.25) is 0 Å². The number of carboxylic acids is 5. The molecule has 346 valence electrons. The van der Waals surface area contributed by atoms with Gasteiger partial charge in [0.15, 0.2) is 0 Å². The number of nitrogens with two attached hydrogens (primary N) is 1. The Kier molecular flexibility index (Phi) is 68.1. The largest absolute Gasteiger partial charge is 0.478 e. The Balaban J connectivity index is -0.0000000916. The number of aliphatic hydroxyl groups is 6. The first-order valence-corrected chi connectivity index (χ1v) is 16.6. The van der Waals surface area contributed by atoms with Crippen molar-refractivity contribution < 1.29 is 104 Å². The molecule has 0 aliphatic rings. The van der Waals surface area contributed by atoms with E-state index in [1.807, 2.05) is 0 Å². The second-order valence-corrected chi connectivity index (χ2v) is 10.3. The van der Waals surface area contributed by atoms with E-state index in [-0.39, 0.29) is 13.2 Å². The van der Waals surface area contributed by atoms with Gasteiger partial charge in [0, 0.05) is 30.4 Å². The molecule has 1 amide bonds. The van der Waals surface area contributed by atoms with Crippen LogP contribution in [0.15, 0.2) is 73.3 Å². The van der Waals surface area contributed by atoms with Crippen molar-refractivity contribution in [1.29, 1.82) is 0 Å². The molecule has 0 saturated heterocycles. The molecule has 0 spiro atoms. The Hall–Kier alpha value is -6.20. The van der Waals surface area contributed by atoms with Gasteiger partial charge < -0.3 is 71.4 Å². The average Bonchev–Trinajstić information content (AvgIpc) is 3.23. The van der Waals surface area contributed by atoms with Crippen LogP contribution in [0.4, 0.5) is 4.79 Å². The maximum absolute atomic E-state index is 9.63. The Bertz CT molecular complexity index is 1110. The van der Waals surface area contributed by atoms with E-state index in [0.29, 0.717) is 19.7 Å². The van der Waals surface area contributed by atoms with Crippen molar-refractivity contribution in [3.63, 3.8) is 0 Å². The number of amides is 1. The number of aliphatic hydroxyl groups excluding tert-OH is 6.